The van der Waals surface area contributed by atoms with E-state index in [4.69, 9.17) is 4.74 Å². The highest BCUT2D eigenvalue weighted by Crippen LogP contribution is 2.63. The van der Waals surface area contributed by atoms with E-state index in [1.165, 1.54) is 0 Å². The van der Waals surface area contributed by atoms with Gasteiger partial charge in [0.1, 0.15) is 5.25 Å². The lowest BCUT2D eigenvalue weighted by Gasteiger charge is -2.08. The summed E-state index contributed by atoms with van der Waals surface area (Å²) >= 11 is 0. The summed E-state index contributed by atoms with van der Waals surface area (Å²) in [5.74, 6) is -1.42. The second kappa shape index (κ2) is 5.73. The summed E-state index contributed by atoms with van der Waals surface area (Å²) in [5.41, 5.74) is 0.165. The molecule has 3 atom stereocenters. The summed E-state index contributed by atoms with van der Waals surface area (Å²) in [6.07, 6.45) is 1.92. The molecule has 0 radical (unpaired) electrons. The number of hydrogen-bond donors (Lipinski definition) is 0. The van der Waals surface area contributed by atoms with Crippen molar-refractivity contribution >= 4 is 15.8 Å². The molecule has 0 saturated heterocycles. The number of nitriles is 1. The van der Waals surface area contributed by atoms with Gasteiger partial charge in [-0.25, -0.2) is 8.42 Å². The first-order valence-electron chi connectivity index (χ1n) is 7.19. The van der Waals surface area contributed by atoms with Crippen LogP contribution >= 0.6 is 0 Å². The lowest BCUT2D eigenvalue weighted by molar-refractivity contribution is -0.147. The largest absolute Gasteiger partial charge is 0.465 e. The first kappa shape index (κ1) is 16.5. The zero-order valence-electron chi connectivity index (χ0n) is 12.9. The topological polar surface area (TPSA) is 84.2 Å². The maximum atomic E-state index is 12.2. The maximum absolute atomic E-state index is 12.2. The van der Waals surface area contributed by atoms with Crippen molar-refractivity contribution < 1.29 is 17.9 Å². The Kier molecular flexibility index (Phi) is 4.30. The van der Waals surface area contributed by atoms with Crippen LogP contribution in [-0.2, 0) is 25.8 Å². The summed E-state index contributed by atoms with van der Waals surface area (Å²) in [4.78, 5) is 12.2. The summed E-state index contributed by atoms with van der Waals surface area (Å²) in [7, 11) is -3.55. The van der Waals surface area contributed by atoms with Crippen LogP contribution in [0.25, 0.3) is 0 Å². The Balaban J connectivity index is 2.47. The minimum atomic E-state index is -3.55. The Hall–Kier alpha value is -1.87. The normalized spacial score (nSPS) is 27.0. The van der Waals surface area contributed by atoms with Gasteiger partial charge in [-0.05, 0) is 24.5 Å². The Morgan fingerprint density at radius 2 is 1.91 bits per heavy atom. The van der Waals surface area contributed by atoms with Crippen LogP contribution in [0.5, 0.6) is 0 Å². The van der Waals surface area contributed by atoms with Gasteiger partial charge in [0.15, 0.2) is 15.3 Å². The van der Waals surface area contributed by atoms with Crippen molar-refractivity contribution in [3.05, 3.63) is 35.4 Å². The Morgan fingerprint density at radius 1 is 1.32 bits per heavy atom. The molecule has 0 amide bonds. The molecule has 0 bridgehead atoms. The van der Waals surface area contributed by atoms with Gasteiger partial charge in [0.2, 0.25) is 0 Å². The van der Waals surface area contributed by atoms with E-state index in [9.17, 15) is 18.5 Å². The Labute approximate surface area is 130 Å². The average molecular weight is 321 g/mol. The fraction of sp³-hybridized carbons (Fsp3) is 0.500. The van der Waals surface area contributed by atoms with Crippen molar-refractivity contribution in [3.8, 4) is 6.07 Å². The van der Waals surface area contributed by atoms with Crippen molar-refractivity contribution in [1.82, 2.24) is 0 Å². The van der Waals surface area contributed by atoms with Crippen LogP contribution in [0.3, 0.4) is 0 Å². The standard InChI is InChI=1S/C16H19NO4S/c1-4-11-6-8-12(9-7-11)13-14(22(3,19)20)16(13,10-17)15(18)21-5-2/h6-9,13-14H,4-5H2,1-3H3/t13-,14+,16+/m0/s1. The average Bonchev–Trinajstić information content (AvgIpc) is 3.18. The molecule has 2 rings (SSSR count). The summed E-state index contributed by atoms with van der Waals surface area (Å²) < 4.78 is 29.0. The number of hydrogen-bond acceptors (Lipinski definition) is 5. The van der Waals surface area contributed by atoms with Crippen LogP contribution in [0.4, 0.5) is 0 Å². The second-order valence-electron chi connectivity index (χ2n) is 5.52. The predicted octanol–water partition coefficient (Wildman–Crippen LogP) is 1.83. The highest BCUT2D eigenvalue weighted by Gasteiger charge is 2.76. The molecule has 1 aliphatic rings. The van der Waals surface area contributed by atoms with Crippen LogP contribution < -0.4 is 0 Å². The molecule has 0 heterocycles. The van der Waals surface area contributed by atoms with Gasteiger partial charge >= 0.3 is 5.97 Å². The summed E-state index contributed by atoms with van der Waals surface area (Å²) in [6.45, 7) is 3.76. The molecule has 1 fully saturated rings. The van der Waals surface area contributed by atoms with E-state index in [1.54, 1.807) is 19.1 Å². The molecule has 5 nitrogen and oxygen atoms in total. The number of carbonyl (C=O) groups excluding carboxylic acids is 1. The van der Waals surface area contributed by atoms with Crippen LogP contribution in [0.1, 0.15) is 30.9 Å². The molecule has 1 aliphatic carbocycles. The van der Waals surface area contributed by atoms with Gasteiger partial charge in [-0.15, -0.1) is 0 Å². The number of sulfone groups is 1. The fourth-order valence-electron chi connectivity index (χ4n) is 3.01. The smallest absolute Gasteiger partial charge is 0.328 e. The van der Waals surface area contributed by atoms with Crippen molar-refractivity contribution in [2.45, 2.75) is 31.4 Å². The molecule has 0 unspecified atom stereocenters. The van der Waals surface area contributed by atoms with Gasteiger partial charge in [0.05, 0.1) is 12.7 Å². The molecule has 0 N–H and O–H groups in total. The highest BCUT2D eigenvalue weighted by atomic mass is 32.2. The van der Waals surface area contributed by atoms with E-state index in [-0.39, 0.29) is 6.61 Å². The van der Waals surface area contributed by atoms with Gasteiger partial charge in [0, 0.05) is 12.2 Å². The predicted molar refractivity (Wildman–Crippen MR) is 81.9 cm³/mol. The molecule has 1 aromatic rings. The third-order valence-electron chi connectivity index (χ3n) is 4.14. The van der Waals surface area contributed by atoms with E-state index in [1.807, 2.05) is 25.1 Å². The third kappa shape index (κ3) is 2.50. The second-order valence-corrected chi connectivity index (χ2v) is 7.69. The lowest BCUT2D eigenvalue weighted by Crippen LogP contribution is -2.24. The van der Waals surface area contributed by atoms with Crippen LogP contribution in [0.15, 0.2) is 24.3 Å². The number of aryl methyl sites for hydroxylation is 1. The maximum Gasteiger partial charge on any atom is 0.328 e. The molecule has 6 heteroatoms. The zero-order valence-corrected chi connectivity index (χ0v) is 13.7. The minimum absolute atomic E-state index is 0.111. The molecule has 0 aliphatic heterocycles. The van der Waals surface area contributed by atoms with Gasteiger partial charge < -0.3 is 4.74 Å². The lowest BCUT2D eigenvalue weighted by atomic mass is 9.99. The van der Waals surface area contributed by atoms with Crippen LogP contribution in [-0.4, -0.2) is 32.5 Å². The molecule has 1 saturated carbocycles. The van der Waals surface area contributed by atoms with E-state index >= 15 is 0 Å². The minimum Gasteiger partial charge on any atom is -0.465 e. The molecule has 0 aromatic heterocycles. The number of benzene rings is 1. The van der Waals surface area contributed by atoms with E-state index in [0.717, 1.165) is 18.2 Å². The number of esters is 1. The zero-order chi connectivity index (χ0) is 16.5. The molecule has 1 aromatic carbocycles. The Bertz CT molecular complexity index is 718. The van der Waals surface area contributed by atoms with Crippen molar-refractivity contribution in [3.63, 3.8) is 0 Å². The number of carbonyl (C=O) groups is 1. The molecular formula is C16H19NO4S. The first-order valence-corrected chi connectivity index (χ1v) is 9.14. The van der Waals surface area contributed by atoms with E-state index < -0.39 is 32.4 Å². The van der Waals surface area contributed by atoms with Gasteiger partial charge in [0.25, 0.3) is 0 Å². The number of nitrogens with zero attached hydrogens (tertiary/aromatic N) is 1. The van der Waals surface area contributed by atoms with Crippen molar-refractivity contribution in [2.75, 3.05) is 12.9 Å². The van der Waals surface area contributed by atoms with Crippen LogP contribution in [0, 0.1) is 16.7 Å². The number of ether oxygens (including phenoxy) is 1. The van der Waals surface area contributed by atoms with Crippen molar-refractivity contribution in [1.29, 1.82) is 5.26 Å². The van der Waals surface area contributed by atoms with Gasteiger partial charge in [-0.2, -0.15) is 5.26 Å². The summed E-state index contributed by atoms with van der Waals surface area (Å²) in [6, 6.07) is 9.28. The molecule has 118 valence electrons. The highest BCUT2D eigenvalue weighted by molar-refractivity contribution is 7.91. The Morgan fingerprint density at radius 3 is 2.32 bits per heavy atom. The number of rotatable bonds is 5. The fourth-order valence-corrected chi connectivity index (χ4v) is 4.77. The van der Waals surface area contributed by atoms with E-state index in [0.29, 0.717) is 5.56 Å². The van der Waals surface area contributed by atoms with Crippen LogP contribution in [0.2, 0.25) is 0 Å². The first-order chi connectivity index (χ1) is 10.3. The van der Waals surface area contributed by atoms with Crippen molar-refractivity contribution in [2.24, 2.45) is 5.41 Å². The molecular weight excluding hydrogens is 302 g/mol. The third-order valence-corrected chi connectivity index (χ3v) is 5.71. The SMILES string of the molecule is CCOC(=O)[C@@]1(C#N)[C@H](S(C)(=O)=O)[C@@H]1c1ccc(CC)cc1. The molecule has 22 heavy (non-hydrogen) atoms. The summed E-state index contributed by atoms with van der Waals surface area (Å²) in [5, 5.41) is 8.46. The molecule has 0 spiro atoms. The van der Waals surface area contributed by atoms with Gasteiger partial charge in [-0.3, -0.25) is 4.79 Å². The van der Waals surface area contributed by atoms with E-state index in [2.05, 4.69) is 0 Å². The monoisotopic (exact) mass is 321 g/mol. The quantitative estimate of drug-likeness (QED) is 0.773. The van der Waals surface area contributed by atoms with Gasteiger partial charge in [-0.1, -0.05) is 31.2 Å².